The van der Waals surface area contributed by atoms with Crippen LogP contribution < -0.4 is 63.5 Å². The maximum Gasteiger partial charge on any atom is 0.416 e. The number of anilines is 4. The van der Waals surface area contributed by atoms with Crippen molar-refractivity contribution in [2.75, 3.05) is 60.5 Å². The third-order valence-electron chi connectivity index (χ3n) is 9.90. The maximum absolute atomic E-state index is 14.3. The summed E-state index contributed by atoms with van der Waals surface area (Å²) >= 11 is 0. The lowest BCUT2D eigenvalue weighted by atomic mass is 10.1. The summed E-state index contributed by atoms with van der Waals surface area (Å²) in [6.45, 7) is 1.95. The number of carbonyl (C=O) groups is 4. The second-order valence-corrected chi connectivity index (χ2v) is 15.2. The van der Waals surface area contributed by atoms with Crippen molar-refractivity contribution in [1.29, 1.82) is 10.8 Å². The summed E-state index contributed by atoms with van der Waals surface area (Å²) in [5.41, 5.74) is 5.98. The van der Waals surface area contributed by atoms with Gasteiger partial charge in [0, 0.05) is 45.1 Å². The number of benzene rings is 2. The van der Waals surface area contributed by atoms with E-state index in [1.165, 1.54) is 0 Å². The molecule has 26 heteroatoms. The zero-order valence-electron chi connectivity index (χ0n) is 35.3. The molecule has 0 saturated carbocycles. The predicted molar refractivity (Wildman–Crippen MR) is 229 cm³/mol. The molecule has 3 aromatic rings. The van der Waals surface area contributed by atoms with Gasteiger partial charge in [0.2, 0.25) is 11.8 Å². The number of hydrogen-bond donors (Lipinski definition) is 12. The summed E-state index contributed by atoms with van der Waals surface area (Å²) in [6, 6.07) is 3.88. The lowest BCUT2D eigenvalue weighted by Gasteiger charge is -2.23. The Morgan fingerprint density at radius 1 is 0.636 bits per heavy atom. The number of nitrogens with one attached hydrogen (secondary N) is 10. The molecule has 2 atom stereocenters. The first-order valence-corrected chi connectivity index (χ1v) is 20.7. The van der Waals surface area contributed by atoms with Gasteiger partial charge in [-0.2, -0.15) is 26.3 Å². The molecule has 3 heterocycles. The van der Waals surface area contributed by atoms with Gasteiger partial charge in [-0.3, -0.25) is 40.6 Å². The molecule has 358 valence electrons. The van der Waals surface area contributed by atoms with E-state index in [4.69, 9.17) is 31.8 Å². The first kappa shape index (κ1) is 50.0. The molecular formula is C40H50F6N14O6. The number of hydrogen-bond acceptors (Lipinski definition) is 14. The molecule has 2 aliphatic rings. The highest BCUT2D eigenvalue weighted by atomic mass is 19.4. The Morgan fingerprint density at radius 2 is 1.03 bits per heavy atom. The van der Waals surface area contributed by atoms with Gasteiger partial charge in [0.15, 0.2) is 23.4 Å². The quantitative estimate of drug-likeness (QED) is 0.0333. The molecule has 5 rings (SSSR count). The van der Waals surface area contributed by atoms with Gasteiger partial charge in [0.1, 0.15) is 29.9 Å². The molecule has 2 saturated heterocycles. The van der Waals surface area contributed by atoms with Crippen molar-refractivity contribution in [2.24, 2.45) is 11.5 Å². The Hall–Kier alpha value is -6.96. The van der Waals surface area contributed by atoms with Crippen LogP contribution in [0, 0.1) is 10.8 Å². The minimum Gasteiger partial charge on any atom is -0.485 e. The molecule has 20 nitrogen and oxygen atoms in total. The van der Waals surface area contributed by atoms with E-state index in [0.717, 1.165) is 24.5 Å². The first-order valence-electron chi connectivity index (χ1n) is 20.7. The van der Waals surface area contributed by atoms with Gasteiger partial charge >= 0.3 is 12.4 Å². The van der Waals surface area contributed by atoms with Gasteiger partial charge in [-0.25, -0.2) is 9.97 Å². The number of halogens is 6. The van der Waals surface area contributed by atoms with Crippen molar-refractivity contribution in [3.05, 3.63) is 59.2 Å². The van der Waals surface area contributed by atoms with E-state index < -0.39 is 94.0 Å². The van der Waals surface area contributed by atoms with E-state index in [1.54, 1.807) is 0 Å². The van der Waals surface area contributed by atoms with Gasteiger partial charge in [0.25, 0.3) is 11.8 Å². The standard InChI is InChI=1S/C40H50F6N14O6/c41-39(42,43)21-13-25(53-9-3-1-5-31(61)59-37(47)48)33(65-23-7-11-51-18-23)27(15-21)57-35(63)29-17-30(56-20-55-29)36(64)58-28-16-22(40(44,45)46)14-26(34(28)66-24-8-12-52-19-24)54-10-4-2-6-32(62)60-38(49)50/h13-17,20,23-24,51-54H,1-12,18-19H2,(H,57,63)(H,58,64)(H4,47,48,59,61)(H4,49,50,60,62)/t23-,24-/m1/s1. The fourth-order valence-electron chi connectivity index (χ4n) is 6.75. The van der Waals surface area contributed by atoms with Gasteiger partial charge in [0.05, 0.1) is 33.9 Å². The number of rotatable bonds is 20. The molecule has 0 bridgehead atoms. The molecular weight excluding hydrogens is 887 g/mol. The number of guanidine groups is 2. The van der Waals surface area contributed by atoms with Crippen molar-refractivity contribution in [2.45, 2.75) is 75.9 Å². The van der Waals surface area contributed by atoms with Crippen LogP contribution in [-0.2, 0) is 21.9 Å². The molecule has 0 radical (unpaired) electrons. The van der Waals surface area contributed by atoms with Crippen LogP contribution in [-0.4, -0.2) is 97.0 Å². The third kappa shape index (κ3) is 15.1. The monoisotopic (exact) mass is 936 g/mol. The average Bonchev–Trinajstić information content (AvgIpc) is 3.96. The molecule has 0 aliphatic carbocycles. The number of alkyl halides is 6. The summed E-state index contributed by atoms with van der Waals surface area (Å²) in [5, 5.41) is 35.4. The summed E-state index contributed by atoms with van der Waals surface area (Å²) in [7, 11) is 0. The highest BCUT2D eigenvalue weighted by molar-refractivity contribution is 6.08. The van der Waals surface area contributed by atoms with Crippen LogP contribution in [0.3, 0.4) is 0 Å². The van der Waals surface area contributed by atoms with Gasteiger partial charge in [-0.15, -0.1) is 0 Å². The van der Waals surface area contributed by atoms with Gasteiger partial charge < -0.3 is 52.8 Å². The Morgan fingerprint density at radius 3 is 1.38 bits per heavy atom. The van der Waals surface area contributed by atoms with E-state index in [2.05, 4.69) is 52.5 Å². The molecule has 4 amide bonds. The molecule has 2 fully saturated rings. The minimum absolute atomic E-state index is 0.0127. The molecule has 14 N–H and O–H groups in total. The van der Waals surface area contributed by atoms with Crippen molar-refractivity contribution in [1.82, 2.24) is 31.2 Å². The number of nitrogens with zero attached hydrogens (tertiary/aromatic N) is 2. The second-order valence-electron chi connectivity index (χ2n) is 15.2. The van der Waals surface area contributed by atoms with Crippen molar-refractivity contribution in [3.63, 3.8) is 0 Å². The third-order valence-corrected chi connectivity index (χ3v) is 9.90. The Balaban J connectivity index is 1.40. The number of carbonyl (C=O) groups excluding carboxylic acids is 4. The zero-order chi connectivity index (χ0) is 48.0. The van der Waals surface area contributed by atoms with Crippen LogP contribution in [0.2, 0.25) is 0 Å². The highest BCUT2D eigenvalue weighted by Crippen LogP contribution is 2.43. The fraction of sp³-hybridized carbons (Fsp3) is 0.450. The van der Waals surface area contributed by atoms with Crippen LogP contribution >= 0.6 is 0 Å². The van der Waals surface area contributed by atoms with Crippen molar-refractivity contribution in [3.8, 4) is 11.5 Å². The van der Waals surface area contributed by atoms with Crippen LogP contribution in [0.1, 0.15) is 83.5 Å². The number of amides is 4. The molecule has 2 aromatic carbocycles. The normalized spacial score (nSPS) is 15.9. The van der Waals surface area contributed by atoms with Crippen LogP contribution in [0.5, 0.6) is 11.5 Å². The first-order chi connectivity index (χ1) is 31.3. The van der Waals surface area contributed by atoms with Crippen LogP contribution in [0.4, 0.5) is 49.1 Å². The smallest absolute Gasteiger partial charge is 0.416 e. The minimum atomic E-state index is -4.89. The largest absolute Gasteiger partial charge is 0.485 e. The van der Waals surface area contributed by atoms with E-state index >= 15 is 0 Å². The summed E-state index contributed by atoms with van der Waals surface area (Å²) in [5.74, 6) is -4.54. The molecule has 66 heavy (non-hydrogen) atoms. The molecule has 0 spiro atoms. The summed E-state index contributed by atoms with van der Waals surface area (Å²) < 4.78 is 98.0. The fourth-order valence-corrected chi connectivity index (χ4v) is 6.75. The number of unbranched alkanes of at least 4 members (excludes halogenated alkanes) is 2. The Kier molecular flexibility index (Phi) is 17.3. The predicted octanol–water partition coefficient (Wildman–Crippen LogP) is 3.68. The summed E-state index contributed by atoms with van der Waals surface area (Å²) in [4.78, 5) is 59.1. The van der Waals surface area contributed by atoms with Crippen LogP contribution in [0.25, 0.3) is 0 Å². The topological polar surface area (TPSA) is 308 Å². The lowest BCUT2D eigenvalue weighted by Crippen LogP contribution is -2.35. The molecule has 2 aliphatic heterocycles. The van der Waals surface area contributed by atoms with E-state index in [9.17, 15) is 45.5 Å². The lowest BCUT2D eigenvalue weighted by molar-refractivity contribution is -0.138. The maximum atomic E-state index is 14.3. The van der Waals surface area contributed by atoms with Crippen molar-refractivity contribution < 1.29 is 55.0 Å². The number of ether oxygens (including phenoxy) is 2. The SMILES string of the molecule is N=C(N)NC(=O)CCCCNc1cc(C(F)(F)F)cc(NC(=O)c2cc(C(=O)Nc3cc(C(F)(F)F)cc(NCCCCC(=O)NC(=N)N)c3O[C@@H]3CCNC3)ncn2)c1O[C@@H]1CCNC1. The Bertz CT molecular complexity index is 2100. The van der Waals surface area contributed by atoms with E-state index in [0.29, 0.717) is 64.0 Å². The van der Waals surface area contributed by atoms with Crippen molar-refractivity contribution >= 4 is 58.3 Å². The zero-order valence-corrected chi connectivity index (χ0v) is 35.3. The van der Waals surface area contributed by atoms with E-state index in [1.807, 2.05) is 0 Å². The van der Waals surface area contributed by atoms with Gasteiger partial charge in [-0.1, -0.05) is 0 Å². The average molecular weight is 937 g/mol. The Labute approximate surface area is 373 Å². The molecule has 0 unspecified atom stereocenters. The molecule has 1 aromatic heterocycles. The summed E-state index contributed by atoms with van der Waals surface area (Å²) in [6.07, 6.45) is -7.85. The number of nitrogens with two attached hydrogens (primary N) is 2. The van der Waals surface area contributed by atoms with Crippen LogP contribution in [0.15, 0.2) is 36.7 Å². The van der Waals surface area contributed by atoms with Gasteiger partial charge in [-0.05, 0) is 75.9 Å². The highest BCUT2D eigenvalue weighted by Gasteiger charge is 2.35. The number of aromatic nitrogens is 2. The second kappa shape index (κ2) is 22.8. The van der Waals surface area contributed by atoms with E-state index in [-0.39, 0.29) is 61.6 Å².